The van der Waals surface area contributed by atoms with Crippen LogP contribution in [0, 0.1) is 0 Å². The summed E-state index contributed by atoms with van der Waals surface area (Å²) in [5, 5.41) is 4.83. The molecule has 3 rings (SSSR count). The van der Waals surface area contributed by atoms with E-state index in [9.17, 15) is 4.79 Å². The van der Waals surface area contributed by atoms with E-state index in [0.717, 1.165) is 34.6 Å². The highest BCUT2D eigenvalue weighted by Gasteiger charge is 2.27. The fourth-order valence-electron chi connectivity index (χ4n) is 2.44. The van der Waals surface area contributed by atoms with Crippen LogP contribution in [0.1, 0.15) is 31.5 Å². The molecule has 23 heavy (non-hydrogen) atoms. The molecular weight excluding hydrogens is 310 g/mol. The maximum Gasteiger partial charge on any atom is 0.230 e. The zero-order valence-corrected chi connectivity index (χ0v) is 14.2. The van der Waals surface area contributed by atoms with Crippen LogP contribution in [0.2, 0.25) is 0 Å². The van der Waals surface area contributed by atoms with Crippen LogP contribution in [0.3, 0.4) is 0 Å². The zero-order chi connectivity index (χ0) is 16.2. The Morgan fingerprint density at radius 3 is 2.91 bits per heavy atom. The lowest BCUT2D eigenvalue weighted by Crippen LogP contribution is -2.36. The van der Waals surface area contributed by atoms with E-state index in [1.165, 1.54) is 11.8 Å². The van der Waals surface area contributed by atoms with Crippen LogP contribution < -0.4 is 5.32 Å². The molecule has 1 fully saturated rings. The van der Waals surface area contributed by atoms with Crippen molar-refractivity contribution in [3.05, 3.63) is 30.1 Å². The fraction of sp³-hybridized carbons (Fsp3) is 0.471. The molecular formula is C17H21N3O2S. The minimum Gasteiger partial charge on any atom is -0.383 e. The first-order chi connectivity index (χ1) is 11.2. The molecule has 1 aromatic heterocycles. The second kappa shape index (κ2) is 7.27. The molecule has 1 N–H and O–H groups in total. The summed E-state index contributed by atoms with van der Waals surface area (Å²) in [5.41, 5.74) is 0.958. The van der Waals surface area contributed by atoms with E-state index >= 15 is 0 Å². The number of nitrogens with zero attached hydrogens (tertiary/aromatic N) is 2. The van der Waals surface area contributed by atoms with Gasteiger partial charge in [-0.1, -0.05) is 30.0 Å². The zero-order valence-electron chi connectivity index (χ0n) is 13.4. The summed E-state index contributed by atoms with van der Waals surface area (Å²) < 4.78 is 5.03. The lowest BCUT2D eigenvalue weighted by molar-refractivity contribution is -0.119. The molecule has 0 bridgehead atoms. The van der Waals surface area contributed by atoms with E-state index in [2.05, 4.69) is 10.3 Å². The van der Waals surface area contributed by atoms with Gasteiger partial charge < -0.3 is 10.1 Å². The third-order valence-corrected chi connectivity index (χ3v) is 4.68. The average molecular weight is 331 g/mol. The highest BCUT2D eigenvalue weighted by molar-refractivity contribution is 8.00. The molecule has 1 heterocycles. The van der Waals surface area contributed by atoms with Gasteiger partial charge in [-0.15, -0.1) is 0 Å². The van der Waals surface area contributed by atoms with Crippen molar-refractivity contribution in [2.45, 2.75) is 36.8 Å². The van der Waals surface area contributed by atoms with Crippen molar-refractivity contribution >= 4 is 28.6 Å². The lowest BCUT2D eigenvalue weighted by Gasteiger charge is -2.13. The number of carbonyl (C=O) groups excluding carboxylic acids is 1. The molecule has 0 radical (unpaired) electrons. The number of hydrogen-bond donors (Lipinski definition) is 1. The second-order valence-corrected chi connectivity index (χ2v) is 6.86. The van der Waals surface area contributed by atoms with E-state index in [0.29, 0.717) is 18.3 Å². The first-order valence-corrected chi connectivity index (χ1v) is 8.83. The molecule has 6 heteroatoms. The van der Waals surface area contributed by atoms with E-state index in [4.69, 9.17) is 9.72 Å². The highest BCUT2D eigenvalue weighted by Crippen LogP contribution is 2.39. The van der Waals surface area contributed by atoms with Gasteiger partial charge in [-0.2, -0.15) is 0 Å². The summed E-state index contributed by atoms with van der Waals surface area (Å²) in [5.74, 6) is 1.75. The van der Waals surface area contributed by atoms with Crippen molar-refractivity contribution in [3.8, 4) is 0 Å². The van der Waals surface area contributed by atoms with Gasteiger partial charge in [-0.3, -0.25) is 4.79 Å². The molecule has 1 unspecified atom stereocenters. The number of ether oxygens (including phenoxy) is 1. The Hall–Kier alpha value is -1.66. The summed E-state index contributed by atoms with van der Waals surface area (Å²) in [6, 6.07) is 8.00. The van der Waals surface area contributed by atoms with Crippen LogP contribution in [-0.4, -0.2) is 41.4 Å². The van der Waals surface area contributed by atoms with Gasteiger partial charge in [0.1, 0.15) is 10.9 Å². The maximum absolute atomic E-state index is 12.0. The first kappa shape index (κ1) is 16.2. The molecule has 0 saturated heterocycles. The molecule has 1 amide bonds. The lowest BCUT2D eigenvalue weighted by atomic mass is 10.2. The van der Waals surface area contributed by atoms with E-state index in [1.54, 1.807) is 7.11 Å². The predicted molar refractivity (Wildman–Crippen MR) is 91.7 cm³/mol. The SMILES string of the molecule is COCC(C)NC(=O)CSc1nc(C2CC2)nc2ccccc12. The summed E-state index contributed by atoms with van der Waals surface area (Å²) in [4.78, 5) is 21.4. The number of methoxy groups -OCH3 is 1. The van der Waals surface area contributed by atoms with E-state index in [-0.39, 0.29) is 11.9 Å². The highest BCUT2D eigenvalue weighted by atomic mass is 32.2. The predicted octanol–water partition coefficient (Wildman–Crippen LogP) is 2.75. The summed E-state index contributed by atoms with van der Waals surface area (Å²) in [7, 11) is 1.63. The van der Waals surface area contributed by atoms with Gasteiger partial charge >= 0.3 is 0 Å². The van der Waals surface area contributed by atoms with E-state index < -0.39 is 0 Å². The summed E-state index contributed by atoms with van der Waals surface area (Å²) in [6.45, 7) is 2.44. The Labute approximate surface area is 140 Å². The number of para-hydroxylation sites is 1. The monoisotopic (exact) mass is 331 g/mol. The quantitative estimate of drug-likeness (QED) is 0.624. The van der Waals surface area contributed by atoms with Crippen molar-refractivity contribution in [1.29, 1.82) is 0 Å². The minimum atomic E-state index is -0.00443. The van der Waals surface area contributed by atoms with Crippen LogP contribution >= 0.6 is 11.8 Å². The number of aromatic nitrogens is 2. The Morgan fingerprint density at radius 2 is 2.17 bits per heavy atom. The van der Waals surface area contributed by atoms with Gasteiger partial charge in [0.05, 0.1) is 17.9 Å². The number of rotatable bonds is 7. The number of fused-ring (bicyclic) bond motifs is 1. The molecule has 0 spiro atoms. The molecule has 1 aromatic carbocycles. The van der Waals surface area contributed by atoms with Gasteiger partial charge in [-0.25, -0.2) is 9.97 Å². The molecule has 2 aromatic rings. The van der Waals surface area contributed by atoms with Crippen molar-refractivity contribution in [2.24, 2.45) is 0 Å². The smallest absolute Gasteiger partial charge is 0.230 e. The Kier molecular flexibility index (Phi) is 5.13. The third-order valence-electron chi connectivity index (χ3n) is 3.69. The van der Waals surface area contributed by atoms with Crippen LogP contribution in [-0.2, 0) is 9.53 Å². The standard InChI is InChI=1S/C17H21N3O2S/c1-11(9-22-2)18-15(21)10-23-17-13-5-3-4-6-14(13)19-16(20-17)12-7-8-12/h3-6,11-12H,7-10H2,1-2H3,(H,18,21). The Morgan fingerprint density at radius 1 is 1.39 bits per heavy atom. The molecule has 5 nitrogen and oxygen atoms in total. The normalized spacial score (nSPS) is 15.6. The van der Waals surface area contributed by atoms with Gasteiger partial charge in [0.25, 0.3) is 0 Å². The Bertz CT molecular complexity index is 703. The maximum atomic E-state index is 12.0. The van der Waals surface area contributed by atoms with Crippen LogP contribution in [0.25, 0.3) is 10.9 Å². The minimum absolute atomic E-state index is 0.00443. The third kappa shape index (κ3) is 4.20. The van der Waals surface area contributed by atoms with Crippen LogP contribution in [0.5, 0.6) is 0 Å². The van der Waals surface area contributed by atoms with E-state index in [1.807, 2.05) is 31.2 Å². The number of carbonyl (C=O) groups is 1. The van der Waals surface area contributed by atoms with Gasteiger partial charge in [-0.05, 0) is 25.8 Å². The molecule has 1 aliphatic carbocycles. The molecule has 0 aliphatic heterocycles. The van der Waals surface area contributed by atoms with Crippen molar-refractivity contribution in [1.82, 2.24) is 15.3 Å². The number of nitrogens with one attached hydrogen (secondary N) is 1. The summed E-state index contributed by atoms with van der Waals surface area (Å²) in [6.07, 6.45) is 2.33. The van der Waals surface area contributed by atoms with Crippen LogP contribution in [0.4, 0.5) is 0 Å². The topological polar surface area (TPSA) is 64.1 Å². The number of thioether (sulfide) groups is 1. The van der Waals surface area contributed by atoms with Gasteiger partial charge in [0.2, 0.25) is 5.91 Å². The summed E-state index contributed by atoms with van der Waals surface area (Å²) >= 11 is 1.47. The fourth-order valence-corrected chi connectivity index (χ4v) is 3.28. The molecule has 122 valence electrons. The van der Waals surface area contributed by atoms with Crippen molar-refractivity contribution in [2.75, 3.05) is 19.5 Å². The molecule has 1 saturated carbocycles. The second-order valence-electron chi connectivity index (χ2n) is 5.89. The Balaban J connectivity index is 1.72. The van der Waals surface area contributed by atoms with Gasteiger partial charge in [0.15, 0.2) is 0 Å². The molecule has 1 atom stereocenters. The number of amides is 1. The first-order valence-electron chi connectivity index (χ1n) is 7.85. The largest absolute Gasteiger partial charge is 0.383 e. The van der Waals surface area contributed by atoms with Crippen molar-refractivity contribution in [3.63, 3.8) is 0 Å². The van der Waals surface area contributed by atoms with Gasteiger partial charge in [0, 0.05) is 24.5 Å². The average Bonchev–Trinajstić information content (AvgIpc) is 3.37. The van der Waals surface area contributed by atoms with Crippen LogP contribution in [0.15, 0.2) is 29.3 Å². The van der Waals surface area contributed by atoms with Crippen molar-refractivity contribution < 1.29 is 9.53 Å². The number of hydrogen-bond acceptors (Lipinski definition) is 5. The number of benzene rings is 1. The molecule has 1 aliphatic rings.